The number of hydrogen-bond acceptors (Lipinski definition) is 6. The molecule has 0 saturated heterocycles. The Bertz CT molecular complexity index is 950. The van der Waals surface area contributed by atoms with Crippen LogP contribution in [0.5, 0.6) is 11.5 Å². The normalized spacial score (nSPS) is 13.0. The first kappa shape index (κ1) is 19.0. The highest BCUT2D eigenvalue weighted by atomic mass is 32.1. The maximum Gasteiger partial charge on any atom is 0.233 e. The van der Waals surface area contributed by atoms with E-state index in [1.807, 2.05) is 41.1 Å². The summed E-state index contributed by atoms with van der Waals surface area (Å²) in [5, 5.41) is 5.07. The Morgan fingerprint density at radius 2 is 2.00 bits per heavy atom. The molecule has 1 amide bonds. The fraction of sp³-hybridized carbons (Fsp3) is 0.333. The van der Waals surface area contributed by atoms with Gasteiger partial charge in [-0.2, -0.15) is 0 Å². The molecule has 1 aromatic carbocycles. The quantitative estimate of drug-likeness (QED) is 0.577. The van der Waals surface area contributed by atoms with Crippen molar-refractivity contribution in [3.05, 3.63) is 56.7 Å². The van der Waals surface area contributed by atoms with Gasteiger partial charge >= 0.3 is 0 Å². The Hall–Kier alpha value is -2.38. The molecule has 2 aromatic heterocycles. The van der Waals surface area contributed by atoms with E-state index in [9.17, 15) is 4.79 Å². The van der Waals surface area contributed by atoms with Gasteiger partial charge in [0.25, 0.3) is 0 Å². The average Bonchev–Trinajstić information content (AvgIpc) is 3.37. The van der Waals surface area contributed by atoms with Gasteiger partial charge in [-0.15, -0.1) is 22.7 Å². The second-order valence-electron chi connectivity index (χ2n) is 6.90. The van der Waals surface area contributed by atoms with Crippen molar-refractivity contribution >= 4 is 34.3 Å². The Balaban J connectivity index is 1.60. The number of amides is 1. The maximum absolute atomic E-state index is 13.2. The molecule has 3 aromatic rings. The van der Waals surface area contributed by atoms with Crippen LogP contribution in [0.2, 0.25) is 0 Å². The SMILES string of the molecule is CC(C)c1nc(CC(=O)N(Cc2cccs2)c2ccc3c(c2)OCCO3)cs1. The molecule has 5 nitrogen and oxygen atoms in total. The number of carbonyl (C=O) groups excluding carboxylic acids is 1. The van der Waals surface area contributed by atoms with Crippen LogP contribution in [0.4, 0.5) is 5.69 Å². The van der Waals surface area contributed by atoms with E-state index in [0.717, 1.165) is 27.0 Å². The van der Waals surface area contributed by atoms with Crippen LogP contribution in [-0.4, -0.2) is 24.1 Å². The largest absolute Gasteiger partial charge is 0.486 e. The van der Waals surface area contributed by atoms with Gasteiger partial charge in [0.2, 0.25) is 5.91 Å². The molecule has 0 aliphatic carbocycles. The highest BCUT2D eigenvalue weighted by Crippen LogP contribution is 2.35. The summed E-state index contributed by atoms with van der Waals surface area (Å²) in [6.07, 6.45) is 0.281. The summed E-state index contributed by atoms with van der Waals surface area (Å²) in [5.74, 6) is 1.79. The van der Waals surface area contributed by atoms with Crippen LogP contribution in [0.3, 0.4) is 0 Å². The highest BCUT2D eigenvalue weighted by molar-refractivity contribution is 7.10. The predicted molar refractivity (Wildman–Crippen MR) is 113 cm³/mol. The molecular weight excluding hydrogens is 392 g/mol. The number of rotatable bonds is 6. The molecule has 0 bridgehead atoms. The molecule has 1 aliphatic rings. The number of ether oxygens (including phenoxy) is 2. The molecule has 0 N–H and O–H groups in total. The van der Waals surface area contributed by atoms with Crippen LogP contribution in [0.1, 0.15) is 35.3 Å². The number of benzene rings is 1. The predicted octanol–water partition coefficient (Wildman–Crippen LogP) is 4.88. The minimum Gasteiger partial charge on any atom is -0.486 e. The molecule has 7 heteroatoms. The van der Waals surface area contributed by atoms with Crippen molar-refractivity contribution in [1.29, 1.82) is 0 Å². The summed E-state index contributed by atoms with van der Waals surface area (Å²) >= 11 is 3.26. The van der Waals surface area contributed by atoms with Crippen molar-refractivity contribution in [2.45, 2.75) is 32.7 Å². The fourth-order valence-electron chi connectivity index (χ4n) is 3.00. The standard InChI is InChI=1S/C21H22N2O3S2/c1-14(2)21-22-15(13-28-21)10-20(24)23(12-17-4-3-9-27-17)16-5-6-18-19(11-16)26-8-7-25-18/h3-6,9,11,13-14H,7-8,10,12H2,1-2H3. The van der Waals surface area contributed by atoms with Crippen molar-refractivity contribution in [1.82, 2.24) is 4.98 Å². The molecule has 0 saturated carbocycles. The Morgan fingerprint density at radius 3 is 2.71 bits per heavy atom. The molecule has 0 fully saturated rings. The number of aromatic nitrogens is 1. The molecule has 146 valence electrons. The van der Waals surface area contributed by atoms with E-state index >= 15 is 0 Å². The third-order valence-corrected chi connectivity index (χ3v) is 6.48. The minimum atomic E-state index is 0.0192. The van der Waals surface area contributed by atoms with Crippen LogP contribution in [-0.2, 0) is 17.8 Å². The van der Waals surface area contributed by atoms with Gasteiger partial charge in [-0.25, -0.2) is 4.98 Å². The molecule has 0 spiro atoms. The number of hydrogen-bond donors (Lipinski definition) is 0. The van der Waals surface area contributed by atoms with E-state index in [1.165, 1.54) is 0 Å². The number of fused-ring (bicyclic) bond motifs is 1. The van der Waals surface area contributed by atoms with E-state index in [0.29, 0.717) is 31.4 Å². The van der Waals surface area contributed by atoms with Crippen LogP contribution in [0.15, 0.2) is 41.1 Å². The lowest BCUT2D eigenvalue weighted by Crippen LogP contribution is -2.31. The maximum atomic E-state index is 13.2. The number of thiophene rings is 1. The van der Waals surface area contributed by atoms with Gasteiger partial charge < -0.3 is 14.4 Å². The van der Waals surface area contributed by atoms with Crippen molar-refractivity contribution in [3.8, 4) is 11.5 Å². The molecule has 3 heterocycles. The molecule has 28 heavy (non-hydrogen) atoms. The summed E-state index contributed by atoms with van der Waals surface area (Å²) in [6.45, 7) is 5.82. The van der Waals surface area contributed by atoms with Gasteiger partial charge in [0.1, 0.15) is 13.2 Å². The fourth-order valence-corrected chi connectivity index (χ4v) is 4.53. The molecule has 0 unspecified atom stereocenters. The van der Waals surface area contributed by atoms with E-state index in [4.69, 9.17) is 9.47 Å². The zero-order valence-electron chi connectivity index (χ0n) is 15.9. The van der Waals surface area contributed by atoms with Gasteiger partial charge in [-0.05, 0) is 23.6 Å². The minimum absolute atomic E-state index is 0.0192. The van der Waals surface area contributed by atoms with Gasteiger partial charge in [0.15, 0.2) is 11.5 Å². The smallest absolute Gasteiger partial charge is 0.233 e. The van der Waals surface area contributed by atoms with Gasteiger partial charge in [0, 0.05) is 27.9 Å². The van der Waals surface area contributed by atoms with Gasteiger partial charge in [-0.3, -0.25) is 4.79 Å². The summed E-state index contributed by atoms with van der Waals surface area (Å²) in [4.78, 5) is 20.8. The number of nitrogens with zero attached hydrogens (tertiary/aromatic N) is 2. The average molecular weight is 415 g/mol. The summed E-state index contributed by atoms with van der Waals surface area (Å²) in [7, 11) is 0. The van der Waals surface area contributed by atoms with Crippen molar-refractivity contribution < 1.29 is 14.3 Å². The van der Waals surface area contributed by atoms with Gasteiger partial charge in [-0.1, -0.05) is 19.9 Å². The third-order valence-electron chi connectivity index (χ3n) is 4.43. The van der Waals surface area contributed by atoms with E-state index < -0.39 is 0 Å². The molecule has 0 radical (unpaired) electrons. The molecular formula is C21H22N2O3S2. The van der Waals surface area contributed by atoms with Crippen LogP contribution in [0.25, 0.3) is 0 Å². The van der Waals surface area contributed by atoms with Crippen molar-refractivity contribution in [3.63, 3.8) is 0 Å². The molecule has 1 aliphatic heterocycles. The van der Waals surface area contributed by atoms with E-state index in [2.05, 4.69) is 18.8 Å². The van der Waals surface area contributed by atoms with E-state index in [1.54, 1.807) is 27.6 Å². The Kier molecular flexibility index (Phi) is 5.64. The zero-order chi connectivity index (χ0) is 19.5. The third kappa shape index (κ3) is 4.20. The topological polar surface area (TPSA) is 51.7 Å². The van der Waals surface area contributed by atoms with Crippen LogP contribution in [0, 0.1) is 0 Å². The Morgan fingerprint density at radius 1 is 1.18 bits per heavy atom. The van der Waals surface area contributed by atoms with E-state index in [-0.39, 0.29) is 12.3 Å². The van der Waals surface area contributed by atoms with Crippen LogP contribution < -0.4 is 14.4 Å². The number of carbonyl (C=O) groups is 1. The first-order chi connectivity index (χ1) is 13.6. The first-order valence-corrected chi connectivity index (χ1v) is 11.0. The highest BCUT2D eigenvalue weighted by Gasteiger charge is 2.21. The lowest BCUT2D eigenvalue weighted by atomic mass is 10.2. The van der Waals surface area contributed by atoms with Crippen molar-refractivity contribution in [2.24, 2.45) is 0 Å². The second kappa shape index (κ2) is 8.32. The van der Waals surface area contributed by atoms with Gasteiger partial charge in [0.05, 0.1) is 23.7 Å². The summed E-state index contributed by atoms with van der Waals surface area (Å²) in [5.41, 5.74) is 1.63. The summed E-state index contributed by atoms with van der Waals surface area (Å²) < 4.78 is 11.3. The lowest BCUT2D eigenvalue weighted by molar-refractivity contribution is -0.118. The zero-order valence-corrected chi connectivity index (χ0v) is 17.5. The van der Waals surface area contributed by atoms with Crippen LogP contribution >= 0.6 is 22.7 Å². The Labute approximate surface area is 172 Å². The molecule has 0 atom stereocenters. The van der Waals surface area contributed by atoms with Crippen molar-refractivity contribution in [2.75, 3.05) is 18.1 Å². The lowest BCUT2D eigenvalue weighted by Gasteiger charge is -2.25. The second-order valence-corrected chi connectivity index (χ2v) is 8.82. The summed E-state index contributed by atoms with van der Waals surface area (Å²) in [6, 6.07) is 9.73. The molecule has 4 rings (SSSR count). The number of anilines is 1. The number of thiazole rings is 1. The monoisotopic (exact) mass is 414 g/mol. The first-order valence-electron chi connectivity index (χ1n) is 9.27.